The predicted octanol–water partition coefficient (Wildman–Crippen LogP) is 9.75. The van der Waals surface area contributed by atoms with Crippen LogP contribution in [-0.4, -0.2) is 18.0 Å². The minimum absolute atomic E-state index is 0. The Kier molecular flexibility index (Phi) is 9.91. The van der Waals surface area contributed by atoms with E-state index in [1.807, 2.05) is 42.7 Å². The Morgan fingerprint density at radius 2 is 1.58 bits per heavy atom. The van der Waals surface area contributed by atoms with Gasteiger partial charge >= 0.3 is 0 Å². The molecule has 0 saturated carbocycles. The molecule has 3 aromatic heterocycles. The van der Waals surface area contributed by atoms with E-state index in [1.54, 1.807) is 0 Å². The Hall–Kier alpha value is -3.37. The molecule has 0 N–H and O–H groups in total. The fourth-order valence-corrected chi connectivity index (χ4v) is 6.71. The minimum Gasteiger partial charge on any atom is -0.501 e. The van der Waals surface area contributed by atoms with Crippen molar-refractivity contribution in [2.24, 2.45) is 5.41 Å². The average Bonchev–Trinajstić information content (AvgIpc) is 3.33. The number of aromatic nitrogens is 2. The second-order valence-electron chi connectivity index (χ2n) is 13.3. The molecule has 43 heavy (non-hydrogen) atoms. The number of rotatable bonds is 4. The molecule has 3 heterocycles. The largest absolute Gasteiger partial charge is 0.501 e. The van der Waals surface area contributed by atoms with Gasteiger partial charge in [-0.25, -0.2) is 0 Å². The third-order valence-corrected chi connectivity index (χ3v) is 9.44. The van der Waals surface area contributed by atoms with Crippen molar-refractivity contribution in [1.82, 2.24) is 9.97 Å². The van der Waals surface area contributed by atoms with Gasteiger partial charge in [0, 0.05) is 46.0 Å². The molecular formula is C38H40IrN2OSi-2. The molecule has 0 fully saturated rings. The van der Waals surface area contributed by atoms with E-state index in [1.165, 1.54) is 32.6 Å². The number of furan rings is 1. The van der Waals surface area contributed by atoms with Gasteiger partial charge in [0.2, 0.25) is 0 Å². The van der Waals surface area contributed by atoms with Crippen LogP contribution in [0.3, 0.4) is 0 Å². The van der Waals surface area contributed by atoms with Crippen LogP contribution in [0.1, 0.15) is 37.5 Å². The van der Waals surface area contributed by atoms with Gasteiger partial charge in [0.15, 0.2) is 0 Å². The van der Waals surface area contributed by atoms with Crippen molar-refractivity contribution in [3.05, 3.63) is 114 Å². The molecule has 3 aromatic carbocycles. The molecule has 223 valence electrons. The van der Waals surface area contributed by atoms with Crippen LogP contribution < -0.4 is 5.19 Å². The van der Waals surface area contributed by atoms with Gasteiger partial charge in [-0.05, 0) is 54.8 Å². The maximum atomic E-state index is 6.37. The monoisotopic (exact) mass is 761 g/mol. The first kappa shape index (κ1) is 32.5. The van der Waals surface area contributed by atoms with Gasteiger partial charge in [-0.2, -0.15) is 0 Å². The third-order valence-electron chi connectivity index (χ3n) is 7.43. The second kappa shape index (κ2) is 13.1. The summed E-state index contributed by atoms with van der Waals surface area (Å²) in [7, 11) is -1.56. The average molecular weight is 761 g/mol. The number of aryl methyl sites for hydroxylation is 2. The van der Waals surface area contributed by atoms with E-state index in [0.29, 0.717) is 0 Å². The van der Waals surface area contributed by atoms with Gasteiger partial charge in [-0.3, -0.25) is 0 Å². The summed E-state index contributed by atoms with van der Waals surface area (Å²) < 4.78 is 6.37. The molecule has 0 saturated heterocycles. The first-order chi connectivity index (χ1) is 19.9. The van der Waals surface area contributed by atoms with Crippen LogP contribution in [0.4, 0.5) is 0 Å². The molecule has 0 aliphatic carbocycles. The molecule has 0 bridgehead atoms. The molecule has 0 amide bonds. The topological polar surface area (TPSA) is 38.9 Å². The fourth-order valence-electron chi connectivity index (χ4n) is 5.21. The zero-order valence-corrected chi connectivity index (χ0v) is 29.8. The number of para-hydroxylation sites is 1. The number of pyridine rings is 2. The second-order valence-corrected chi connectivity index (χ2v) is 18.4. The number of fused-ring (bicyclic) bond motifs is 3. The first-order valence-corrected chi connectivity index (χ1v) is 18.1. The van der Waals surface area contributed by atoms with Gasteiger partial charge in [0.05, 0.1) is 5.58 Å². The summed E-state index contributed by atoms with van der Waals surface area (Å²) in [4.78, 5) is 9.05. The Bertz CT molecular complexity index is 1850. The van der Waals surface area contributed by atoms with Crippen molar-refractivity contribution in [3.8, 4) is 22.5 Å². The van der Waals surface area contributed by atoms with Crippen LogP contribution in [0, 0.1) is 31.4 Å². The molecule has 3 nitrogen and oxygen atoms in total. The van der Waals surface area contributed by atoms with Crippen LogP contribution in [0.5, 0.6) is 0 Å². The van der Waals surface area contributed by atoms with Gasteiger partial charge < -0.3 is 14.4 Å². The summed E-state index contributed by atoms with van der Waals surface area (Å²) in [5, 5.41) is 3.82. The van der Waals surface area contributed by atoms with E-state index in [-0.39, 0.29) is 25.5 Å². The maximum absolute atomic E-state index is 6.37. The zero-order valence-electron chi connectivity index (χ0n) is 26.4. The number of hydrogen-bond donors (Lipinski definition) is 0. The molecule has 6 rings (SSSR count). The Morgan fingerprint density at radius 3 is 2.26 bits per heavy atom. The molecule has 0 atom stereocenters. The normalized spacial score (nSPS) is 11.6. The van der Waals surface area contributed by atoms with E-state index >= 15 is 0 Å². The van der Waals surface area contributed by atoms with E-state index in [0.717, 1.165) is 40.1 Å². The first-order valence-electron chi connectivity index (χ1n) is 14.6. The summed E-state index contributed by atoms with van der Waals surface area (Å²) in [5.41, 5.74) is 9.83. The summed E-state index contributed by atoms with van der Waals surface area (Å²) >= 11 is 0. The number of hydrogen-bond acceptors (Lipinski definition) is 3. The molecular weight excluding hydrogens is 721 g/mol. The van der Waals surface area contributed by atoms with Crippen molar-refractivity contribution in [1.29, 1.82) is 0 Å². The molecule has 6 aromatic rings. The predicted molar refractivity (Wildman–Crippen MR) is 180 cm³/mol. The summed E-state index contributed by atoms with van der Waals surface area (Å²) in [5.74, 6) is 0. The number of benzene rings is 3. The van der Waals surface area contributed by atoms with E-state index in [2.05, 4.69) is 119 Å². The van der Waals surface area contributed by atoms with E-state index in [4.69, 9.17) is 4.42 Å². The minimum atomic E-state index is -1.56. The van der Waals surface area contributed by atoms with Crippen LogP contribution in [0.15, 0.2) is 89.6 Å². The summed E-state index contributed by atoms with van der Waals surface area (Å²) in [6, 6.07) is 31.5. The van der Waals surface area contributed by atoms with Gasteiger partial charge in [0.1, 0.15) is 5.58 Å². The quantitative estimate of drug-likeness (QED) is 0.133. The summed E-state index contributed by atoms with van der Waals surface area (Å²) in [6.07, 6.45) is 4.83. The maximum Gasteiger partial charge on any atom is 0.120 e. The molecule has 0 unspecified atom stereocenters. The number of nitrogens with zero attached hydrogens (tertiary/aromatic N) is 2. The van der Waals surface area contributed by atoms with Crippen LogP contribution >= 0.6 is 0 Å². The smallest absolute Gasteiger partial charge is 0.120 e. The van der Waals surface area contributed by atoms with Crippen LogP contribution in [0.25, 0.3) is 44.5 Å². The molecule has 0 spiro atoms. The standard InChI is InChI=1S/C25H28NOSi.C13H12N.Ir/c1-25(2,3)16-17-13-14-26-20(15-17)18-11-12-22(28(4,5)6)23-19-9-7-8-10-21(19)27-24(18)23;1-10-8-13(14-9-11(10)2)12-6-4-3-5-7-12;/h7-10,12-15H,16H2,1-6H3;3-6,8-9H,1-2H3;/q2*-1;. The SMILES string of the molecule is CC(C)(C)Cc1ccnc(-c2[c-]cc([Si](C)(C)C)c3c2oc2ccccc23)c1.Cc1cnc(-c2[c-]cccc2)cc1C.[Ir]. The Balaban J connectivity index is 0.000000238. The van der Waals surface area contributed by atoms with Crippen molar-refractivity contribution in [3.63, 3.8) is 0 Å². The summed E-state index contributed by atoms with van der Waals surface area (Å²) in [6.45, 7) is 18.1. The van der Waals surface area contributed by atoms with Crippen molar-refractivity contribution < 1.29 is 24.5 Å². The molecule has 0 aliphatic rings. The molecule has 0 aliphatic heterocycles. The third kappa shape index (κ3) is 7.59. The van der Waals surface area contributed by atoms with Crippen molar-refractivity contribution >= 4 is 35.2 Å². The van der Waals surface area contributed by atoms with Crippen LogP contribution in [0.2, 0.25) is 19.6 Å². The van der Waals surface area contributed by atoms with Crippen LogP contribution in [-0.2, 0) is 26.5 Å². The Labute approximate surface area is 271 Å². The van der Waals surface area contributed by atoms with Crippen molar-refractivity contribution in [2.75, 3.05) is 0 Å². The van der Waals surface area contributed by atoms with Gasteiger partial charge in [-0.15, -0.1) is 53.2 Å². The Morgan fingerprint density at radius 1 is 0.837 bits per heavy atom. The molecule has 1 radical (unpaired) electrons. The van der Waals surface area contributed by atoms with Gasteiger partial charge in [-0.1, -0.05) is 92.8 Å². The van der Waals surface area contributed by atoms with Crippen molar-refractivity contribution in [2.45, 2.75) is 60.7 Å². The molecule has 5 heteroatoms. The van der Waals surface area contributed by atoms with Gasteiger partial charge in [0.25, 0.3) is 0 Å². The zero-order chi connectivity index (χ0) is 30.1. The fraction of sp³-hybridized carbons (Fsp3) is 0.263. The van der Waals surface area contributed by atoms with E-state index in [9.17, 15) is 0 Å². The van der Waals surface area contributed by atoms with E-state index < -0.39 is 8.07 Å².